The normalized spacial score (nSPS) is 15.7. The zero-order valence-corrected chi connectivity index (χ0v) is 27.3. The van der Waals surface area contributed by atoms with Gasteiger partial charge in [-0.05, 0) is 89.0 Å². The van der Waals surface area contributed by atoms with Gasteiger partial charge in [-0.2, -0.15) is 0 Å². The number of aliphatic imine (C=N–C) groups is 1. The molecule has 2 aliphatic carbocycles. The molecule has 1 unspecified atom stereocenters. The summed E-state index contributed by atoms with van der Waals surface area (Å²) in [6.45, 7) is 5.99. The summed E-state index contributed by atoms with van der Waals surface area (Å²) in [6.07, 6.45) is 13.5. The molecular weight excluding hydrogens is 595 g/mol. The number of fused-ring (bicyclic) bond motifs is 6. The number of rotatable bonds is 5. The number of para-hydroxylation sites is 2. The van der Waals surface area contributed by atoms with Gasteiger partial charge in [0.2, 0.25) is 0 Å². The molecule has 0 amide bonds. The van der Waals surface area contributed by atoms with Gasteiger partial charge in [-0.3, -0.25) is 4.99 Å². The average Bonchev–Trinajstić information content (AvgIpc) is 3.76. The largest absolute Gasteiger partial charge is 0.333 e. The molecule has 0 aliphatic heterocycles. The lowest BCUT2D eigenvalue weighted by Gasteiger charge is -2.18. The fourth-order valence-corrected chi connectivity index (χ4v) is 8.47. The van der Waals surface area contributed by atoms with Crippen LogP contribution in [0.3, 0.4) is 0 Å². The highest BCUT2D eigenvalue weighted by atomic mass is 15.0. The van der Waals surface area contributed by atoms with Gasteiger partial charge < -0.3 is 9.13 Å². The first-order valence-electron chi connectivity index (χ1n) is 17.0. The van der Waals surface area contributed by atoms with Crippen molar-refractivity contribution >= 4 is 71.7 Å². The number of hydrogen-bond acceptors (Lipinski definition) is 1. The third kappa shape index (κ3) is 3.99. The van der Waals surface area contributed by atoms with Crippen LogP contribution in [-0.2, 0) is 0 Å². The van der Waals surface area contributed by atoms with Crippen LogP contribution in [0.2, 0.25) is 0 Å². The SMILES string of the molecule is C=CN=CC1=C(C)c2cccc3c(-n4c5ccccc5c5cc(-c6ccc7c(c6)c6ccccc6n7C6C=CC=CC6)ccc54)ccc1c23. The molecule has 0 saturated carbocycles. The van der Waals surface area contributed by atoms with E-state index in [0.29, 0.717) is 6.04 Å². The summed E-state index contributed by atoms with van der Waals surface area (Å²) in [5.41, 5.74) is 13.5. The Bertz CT molecular complexity index is 2830. The molecule has 10 rings (SSSR count). The number of aromatic nitrogens is 2. The van der Waals surface area contributed by atoms with Crippen molar-refractivity contribution in [2.45, 2.75) is 19.4 Å². The lowest BCUT2D eigenvalue weighted by atomic mass is 10.00. The molecular formula is C46H33N3. The second kappa shape index (κ2) is 10.7. The Morgan fingerprint density at radius 1 is 0.653 bits per heavy atom. The van der Waals surface area contributed by atoms with Crippen LogP contribution < -0.4 is 0 Å². The van der Waals surface area contributed by atoms with Crippen molar-refractivity contribution in [3.63, 3.8) is 0 Å². The smallest absolute Gasteiger partial charge is 0.0560 e. The standard InChI is InChI=1S/C46H33N3/c1-3-47-28-40-29(2)33-16-11-17-37-43(25-22-36(40)46(33)37)49-42-19-10-8-15-35(42)39-27-31(21-24-45(39)49)30-20-23-44-38(26-30)34-14-7-9-18-41(34)48(44)32-12-5-4-6-13-32/h3-12,14-28,32H,1,13H2,2H3. The summed E-state index contributed by atoms with van der Waals surface area (Å²) in [5.74, 6) is 0. The Labute approximate surface area is 284 Å². The average molecular weight is 628 g/mol. The molecule has 0 spiro atoms. The molecule has 0 saturated heterocycles. The molecule has 2 heterocycles. The van der Waals surface area contributed by atoms with Gasteiger partial charge in [0.25, 0.3) is 0 Å². The molecule has 1 atom stereocenters. The molecule has 6 aromatic carbocycles. The summed E-state index contributed by atoms with van der Waals surface area (Å²) in [6, 6.07) is 43.2. The van der Waals surface area contributed by atoms with E-state index >= 15 is 0 Å². The van der Waals surface area contributed by atoms with Gasteiger partial charge >= 0.3 is 0 Å². The minimum Gasteiger partial charge on any atom is -0.333 e. The van der Waals surface area contributed by atoms with Gasteiger partial charge in [-0.25, -0.2) is 0 Å². The fourth-order valence-electron chi connectivity index (χ4n) is 8.47. The summed E-state index contributed by atoms with van der Waals surface area (Å²) >= 11 is 0. The highest BCUT2D eigenvalue weighted by Crippen LogP contribution is 2.45. The monoisotopic (exact) mass is 627 g/mol. The number of nitrogens with zero attached hydrogens (tertiary/aromatic N) is 3. The van der Waals surface area contributed by atoms with Crippen LogP contribution in [0, 0.1) is 0 Å². The first kappa shape index (κ1) is 27.9. The van der Waals surface area contributed by atoms with Crippen LogP contribution >= 0.6 is 0 Å². The quantitative estimate of drug-likeness (QED) is 0.169. The van der Waals surface area contributed by atoms with E-state index in [4.69, 9.17) is 0 Å². The van der Waals surface area contributed by atoms with Gasteiger partial charge in [-0.15, -0.1) is 0 Å². The molecule has 0 radical (unpaired) electrons. The number of allylic oxidation sites excluding steroid dienone is 6. The molecule has 0 bridgehead atoms. The topological polar surface area (TPSA) is 22.2 Å². The predicted octanol–water partition coefficient (Wildman–Crippen LogP) is 12.2. The van der Waals surface area contributed by atoms with Crippen molar-refractivity contribution in [3.05, 3.63) is 163 Å². The summed E-state index contributed by atoms with van der Waals surface area (Å²) in [5, 5.41) is 7.64. The summed E-state index contributed by atoms with van der Waals surface area (Å²) in [7, 11) is 0. The van der Waals surface area contributed by atoms with Gasteiger partial charge in [0.15, 0.2) is 0 Å². The van der Waals surface area contributed by atoms with E-state index in [2.05, 4.69) is 167 Å². The lowest BCUT2D eigenvalue weighted by Crippen LogP contribution is -2.06. The minimum atomic E-state index is 0.318. The second-order valence-electron chi connectivity index (χ2n) is 13.2. The van der Waals surface area contributed by atoms with Gasteiger partial charge in [0.05, 0.1) is 22.8 Å². The highest BCUT2D eigenvalue weighted by molar-refractivity contribution is 6.29. The first-order valence-corrected chi connectivity index (χ1v) is 17.0. The molecule has 8 aromatic rings. The van der Waals surface area contributed by atoms with Crippen LogP contribution in [0.25, 0.3) is 82.3 Å². The molecule has 232 valence electrons. The van der Waals surface area contributed by atoms with Crippen LogP contribution in [0.15, 0.2) is 157 Å². The van der Waals surface area contributed by atoms with E-state index in [-0.39, 0.29) is 0 Å². The molecule has 3 heteroatoms. The Balaban J connectivity index is 1.16. The van der Waals surface area contributed by atoms with E-state index < -0.39 is 0 Å². The van der Waals surface area contributed by atoms with Crippen LogP contribution in [0.5, 0.6) is 0 Å². The third-order valence-corrected chi connectivity index (χ3v) is 10.7. The van der Waals surface area contributed by atoms with Crippen molar-refractivity contribution < 1.29 is 0 Å². The Kier molecular flexibility index (Phi) is 6.07. The van der Waals surface area contributed by atoms with Gasteiger partial charge in [0.1, 0.15) is 0 Å². The summed E-state index contributed by atoms with van der Waals surface area (Å²) in [4.78, 5) is 4.39. The van der Waals surface area contributed by atoms with Crippen LogP contribution in [0.1, 0.15) is 30.5 Å². The van der Waals surface area contributed by atoms with E-state index in [0.717, 1.165) is 12.0 Å². The molecule has 2 aromatic heterocycles. The van der Waals surface area contributed by atoms with E-state index in [9.17, 15) is 0 Å². The van der Waals surface area contributed by atoms with E-state index in [1.807, 2.05) is 6.21 Å². The van der Waals surface area contributed by atoms with Crippen molar-refractivity contribution in [2.24, 2.45) is 4.99 Å². The minimum absolute atomic E-state index is 0.318. The molecule has 49 heavy (non-hydrogen) atoms. The summed E-state index contributed by atoms with van der Waals surface area (Å²) < 4.78 is 4.96. The maximum absolute atomic E-state index is 4.39. The Hall–Kier alpha value is -6.19. The Morgan fingerprint density at radius 3 is 2.10 bits per heavy atom. The van der Waals surface area contributed by atoms with Crippen molar-refractivity contribution in [1.82, 2.24) is 9.13 Å². The zero-order chi connectivity index (χ0) is 32.6. The van der Waals surface area contributed by atoms with Crippen LogP contribution in [-0.4, -0.2) is 15.3 Å². The first-order chi connectivity index (χ1) is 24.2. The molecule has 0 N–H and O–H groups in total. The maximum Gasteiger partial charge on any atom is 0.0560 e. The number of benzene rings is 6. The van der Waals surface area contributed by atoms with Gasteiger partial charge in [0, 0.05) is 56.0 Å². The predicted molar refractivity (Wildman–Crippen MR) is 210 cm³/mol. The molecule has 0 fully saturated rings. The lowest BCUT2D eigenvalue weighted by molar-refractivity contribution is 0.648. The number of hydrogen-bond donors (Lipinski definition) is 0. The van der Waals surface area contributed by atoms with Crippen molar-refractivity contribution in [2.75, 3.05) is 0 Å². The van der Waals surface area contributed by atoms with Crippen molar-refractivity contribution in [1.29, 1.82) is 0 Å². The van der Waals surface area contributed by atoms with Crippen molar-refractivity contribution in [3.8, 4) is 16.8 Å². The van der Waals surface area contributed by atoms with Crippen LogP contribution in [0.4, 0.5) is 0 Å². The fraction of sp³-hybridized carbons (Fsp3) is 0.0652. The molecule has 2 aliphatic rings. The van der Waals surface area contributed by atoms with E-state index in [1.165, 1.54) is 87.9 Å². The maximum atomic E-state index is 4.39. The highest BCUT2D eigenvalue weighted by Gasteiger charge is 2.24. The Morgan fingerprint density at radius 2 is 1.33 bits per heavy atom. The zero-order valence-electron chi connectivity index (χ0n) is 27.3. The molecule has 3 nitrogen and oxygen atoms in total. The third-order valence-electron chi connectivity index (χ3n) is 10.7. The second-order valence-corrected chi connectivity index (χ2v) is 13.2. The van der Waals surface area contributed by atoms with Gasteiger partial charge in [-0.1, -0.05) is 104 Å². The van der Waals surface area contributed by atoms with E-state index in [1.54, 1.807) is 6.20 Å².